The molecule has 4 nitrogen and oxygen atoms in total. The number of thioether (sulfide) groups is 1. The Morgan fingerprint density at radius 2 is 2.18 bits per heavy atom. The summed E-state index contributed by atoms with van der Waals surface area (Å²) in [5, 5.41) is 12.4. The summed E-state index contributed by atoms with van der Waals surface area (Å²) in [4.78, 5) is 14.3. The van der Waals surface area contributed by atoms with Gasteiger partial charge in [-0.05, 0) is 12.8 Å². The van der Waals surface area contributed by atoms with Crippen molar-refractivity contribution in [2.24, 2.45) is 0 Å². The maximum atomic E-state index is 12.4. The first-order valence-electron chi connectivity index (χ1n) is 6.55. The van der Waals surface area contributed by atoms with Crippen LogP contribution in [0.3, 0.4) is 0 Å². The third-order valence-electron chi connectivity index (χ3n) is 3.61. The number of nitrogens with one attached hydrogen (secondary N) is 1. The highest BCUT2D eigenvalue weighted by atomic mass is 32.2. The smallest absolute Gasteiger partial charge is 0.240 e. The molecule has 1 atom stereocenters. The second-order valence-electron chi connectivity index (χ2n) is 4.78. The van der Waals surface area contributed by atoms with Gasteiger partial charge in [-0.3, -0.25) is 4.79 Å². The molecule has 2 rings (SSSR count). The first kappa shape index (κ1) is 13.2. The van der Waals surface area contributed by atoms with Crippen LogP contribution >= 0.6 is 11.8 Å². The highest BCUT2D eigenvalue weighted by Gasteiger charge is 2.31. The van der Waals surface area contributed by atoms with Crippen LogP contribution in [0.15, 0.2) is 0 Å². The molecule has 98 valence electrons. The Bertz CT molecular complexity index is 251. The highest BCUT2D eigenvalue weighted by Crippen LogP contribution is 2.24. The minimum atomic E-state index is -0.0408. The Balaban J connectivity index is 1.95. The van der Waals surface area contributed by atoms with Crippen LogP contribution in [0.1, 0.15) is 25.7 Å². The van der Waals surface area contributed by atoms with Gasteiger partial charge in [0.1, 0.15) is 0 Å². The van der Waals surface area contributed by atoms with Crippen molar-refractivity contribution in [1.82, 2.24) is 10.2 Å². The van der Waals surface area contributed by atoms with Crippen LogP contribution in [0.4, 0.5) is 0 Å². The fourth-order valence-electron chi connectivity index (χ4n) is 2.72. The van der Waals surface area contributed by atoms with E-state index in [4.69, 9.17) is 5.11 Å². The molecule has 0 spiro atoms. The monoisotopic (exact) mass is 258 g/mol. The Kier molecular flexibility index (Phi) is 5.13. The summed E-state index contributed by atoms with van der Waals surface area (Å²) in [7, 11) is 0. The zero-order chi connectivity index (χ0) is 12.1. The van der Waals surface area contributed by atoms with E-state index in [1.807, 2.05) is 16.7 Å². The van der Waals surface area contributed by atoms with Crippen LogP contribution in [0.5, 0.6) is 0 Å². The van der Waals surface area contributed by atoms with E-state index >= 15 is 0 Å². The maximum Gasteiger partial charge on any atom is 0.240 e. The predicted molar refractivity (Wildman–Crippen MR) is 70.2 cm³/mol. The molecule has 1 unspecified atom stereocenters. The van der Waals surface area contributed by atoms with E-state index < -0.39 is 0 Å². The topological polar surface area (TPSA) is 52.6 Å². The van der Waals surface area contributed by atoms with Crippen molar-refractivity contribution in [2.45, 2.75) is 37.8 Å². The van der Waals surface area contributed by atoms with Crippen molar-refractivity contribution in [3.05, 3.63) is 0 Å². The number of hydrogen-bond donors (Lipinski definition) is 2. The average Bonchev–Trinajstić information content (AvgIpc) is 2.90. The van der Waals surface area contributed by atoms with Crippen molar-refractivity contribution in [3.8, 4) is 0 Å². The Morgan fingerprint density at radius 1 is 1.41 bits per heavy atom. The molecule has 1 saturated heterocycles. The molecule has 0 aromatic heterocycles. The van der Waals surface area contributed by atoms with Gasteiger partial charge in [-0.25, -0.2) is 0 Å². The van der Waals surface area contributed by atoms with Crippen molar-refractivity contribution in [2.75, 3.05) is 31.2 Å². The van der Waals surface area contributed by atoms with Crippen molar-refractivity contribution < 1.29 is 9.90 Å². The van der Waals surface area contributed by atoms with Crippen LogP contribution < -0.4 is 5.32 Å². The predicted octanol–water partition coefficient (Wildman–Crippen LogP) is 0.455. The molecule has 0 bridgehead atoms. The molecule has 2 N–H and O–H groups in total. The number of amides is 1. The van der Waals surface area contributed by atoms with E-state index in [9.17, 15) is 4.79 Å². The van der Waals surface area contributed by atoms with Gasteiger partial charge in [-0.1, -0.05) is 12.8 Å². The highest BCUT2D eigenvalue weighted by molar-refractivity contribution is 7.99. The SMILES string of the molecule is O=C(C1CSCCN1)N(CCO)C1CCCC1. The van der Waals surface area contributed by atoms with Crippen LogP contribution in [-0.4, -0.2) is 59.2 Å². The molecule has 2 fully saturated rings. The van der Waals surface area contributed by atoms with E-state index in [1.165, 1.54) is 12.8 Å². The van der Waals surface area contributed by atoms with Crippen molar-refractivity contribution in [1.29, 1.82) is 0 Å². The summed E-state index contributed by atoms with van der Waals surface area (Å²) in [5.41, 5.74) is 0. The molecule has 0 radical (unpaired) electrons. The summed E-state index contributed by atoms with van der Waals surface area (Å²) >= 11 is 1.84. The molecule has 1 aliphatic carbocycles. The lowest BCUT2D eigenvalue weighted by molar-refractivity contribution is -0.135. The number of carbonyl (C=O) groups is 1. The molecule has 0 aromatic carbocycles. The van der Waals surface area contributed by atoms with E-state index in [2.05, 4.69) is 5.32 Å². The molecular weight excluding hydrogens is 236 g/mol. The summed E-state index contributed by atoms with van der Waals surface area (Å²) in [6, 6.07) is 0.323. The first-order valence-corrected chi connectivity index (χ1v) is 7.71. The largest absolute Gasteiger partial charge is 0.395 e. The molecule has 1 heterocycles. The quantitative estimate of drug-likeness (QED) is 0.769. The molecule has 17 heavy (non-hydrogen) atoms. The maximum absolute atomic E-state index is 12.4. The van der Waals surface area contributed by atoms with Gasteiger partial charge in [-0.15, -0.1) is 0 Å². The number of carbonyl (C=O) groups excluding carboxylic acids is 1. The first-order chi connectivity index (χ1) is 8.33. The number of aliphatic hydroxyl groups is 1. The molecule has 1 aliphatic heterocycles. The minimum Gasteiger partial charge on any atom is -0.395 e. The fraction of sp³-hybridized carbons (Fsp3) is 0.917. The normalized spacial score (nSPS) is 26.1. The summed E-state index contributed by atoms with van der Waals surface area (Å²) in [6.45, 7) is 1.48. The van der Waals surface area contributed by atoms with Crippen molar-refractivity contribution >= 4 is 17.7 Å². The average molecular weight is 258 g/mol. The second kappa shape index (κ2) is 6.61. The van der Waals surface area contributed by atoms with E-state index in [-0.39, 0.29) is 18.6 Å². The van der Waals surface area contributed by atoms with Gasteiger partial charge in [0.25, 0.3) is 0 Å². The third kappa shape index (κ3) is 3.36. The summed E-state index contributed by atoms with van der Waals surface area (Å²) in [6.07, 6.45) is 4.64. The van der Waals surface area contributed by atoms with Crippen LogP contribution in [0, 0.1) is 0 Å². The van der Waals surface area contributed by atoms with Gasteiger partial charge in [0, 0.05) is 30.6 Å². The lowest BCUT2D eigenvalue weighted by atomic mass is 10.1. The van der Waals surface area contributed by atoms with Gasteiger partial charge >= 0.3 is 0 Å². The van der Waals surface area contributed by atoms with E-state index in [0.717, 1.165) is 30.9 Å². The molecule has 2 aliphatic rings. The number of nitrogens with zero attached hydrogens (tertiary/aromatic N) is 1. The van der Waals surface area contributed by atoms with E-state index in [1.54, 1.807) is 0 Å². The molecule has 1 amide bonds. The molecule has 0 aromatic rings. The standard InChI is InChI=1S/C12H22N2O2S/c15-7-6-14(10-3-1-2-4-10)12(16)11-9-17-8-5-13-11/h10-11,13,15H,1-9H2. The Morgan fingerprint density at radius 3 is 2.76 bits per heavy atom. The molecule has 5 heteroatoms. The number of aliphatic hydroxyl groups excluding tert-OH is 1. The minimum absolute atomic E-state index is 0.0408. The Hall–Kier alpha value is -0.260. The van der Waals surface area contributed by atoms with Crippen LogP contribution in [0.25, 0.3) is 0 Å². The fourth-order valence-corrected chi connectivity index (χ4v) is 3.65. The zero-order valence-electron chi connectivity index (χ0n) is 10.2. The second-order valence-corrected chi connectivity index (χ2v) is 5.92. The lowest BCUT2D eigenvalue weighted by Crippen LogP contribution is -2.53. The summed E-state index contributed by atoms with van der Waals surface area (Å²) < 4.78 is 0. The Labute approximate surface area is 107 Å². The van der Waals surface area contributed by atoms with Crippen LogP contribution in [-0.2, 0) is 4.79 Å². The number of hydrogen-bond acceptors (Lipinski definition) is 4. The van der Waals surface area contributed by atoms with Crippen molar-refractivity contribution in [3.63, 3.8) is 0 Å². The van der Waals surface area contributed by atoms with E-state index in [0.29, 0.717) is 12.6 Å². The summed E-state index contributed by atoms with van der Waals surface area (Å²) in [5.74, 6) is 2.15. The van der Waals surface area contributed by atoms with Gasteiger partial charge < -0.3 is 15.3 Å². The van der Waals surface area contributed by atoms with Gasteiger partial charge in [0.05, 0.1) is 12.6 Å². The zero-order valence-corrected chi connectivity index (χ0v) is 11.0. The van der Waals surface area contributed by atoms with Crippen LogP contribution in [0.2, 0.25) is 0 Å². The molecule has 1 saturated carbocycles. The molecular formula is C12H22N2O2S. The lowest BCUT2D eigenvalue weighted by Gasteiger charge is -2.33. The third-order valence-corrected chi connectivity index (χ3v) is 4.67. The van der Waals surface area contributed by atoms with Gasteiger partial charge in [0.2, 0.25) is 5.91 Å². The number of rotatable bonds is 4. The van der Waals surface area contributed by atoms with Gasteiger partial charge in [0.15, 0.2) is 0 Å². The van der Waals surface area contributed by atoms with Gasteiger partial charge in [-0.2, -0.15) is 11.8 Å².